The summed E-state index contributed by atoms with van der Waals surface area (Å²) >= 11 is 76.9. The minimum atomic E-state index is -1.02. The predicted molar refractivity (Wildman–Crippen MR) is 560 cm³/mol. The lowest BCUT2D eigenvalue weighted by atomic mass is 10.0. The number of nitrogen functional groups attached to an aromatic ring is 3. The highest BCUT2D eigenvalue weighted by Gasteiger charge is 2.42. The van der Waals surface area contributed by atoms with Crippen molar-refractivity contribution in [2.75, 3.05) is 71.2 Å². The molecule has 3 aliphatic rings. The largest absolute Gasteiger partial charge is 0.397 e. The molecule has 9 aromatic heterocycles. The first kappa shape index (κ1) is 107. The van der Waals surface area contributed by atoms with Gasteiger partial charge in [-0.2, -0.15) is 15.8 Å². The van der Waals surface area contributed by atoms with E-state index < -0.39 is 64.3 Å². The number of nitrogens with two attached hydrogens (primary N) is 3. The van der Waals surface area contributed by atoms with E-state index in [2.05, 4.69) is 52.9 Å². The van der Waals surface area contributed by atoms with Crippen LogP contribution in [0.4, 0.5) is 47.3 Å². The number of amides is 3. The monoisotopic (exact) mass is 2150 g/mol. The minimum absolute atomic E-state index is 0.00668. The number of piperazine rings is 3. The number of nitrogens with zero attached hydrogens (tertiary/aromatic N) is 18. The van der Waals surface area contributed by atoms with Crippen molar-refractivity contribution >= 4 is 224 Å². The van der Waals surface area contributed by atoms with Crippen LogP contribution in [-0.2, 0) is 14.4 Å². The normalized spacial score (nSPS) is 16.6. The van der Waals surface area contributed by atoms with Crippen LogP contribution in [0.2, 0.25) is 60.3 Å². The number of pyridine rings is 9. The van der Waals surface area contributed by atoms with Crippen LogP contribution in [0.1, 0.15) is 151 Å². The molecule has 15 rings (SSSR count). The van der Waals surface area contributed by atoms with Crippen LogP contribution in [0.3, 0.4) is 0 Å². The first-order chi connectivity index (χ1) is 66.5. The van der Waals surface area contributed by atoms with Crippen LogP contribution >= 0.6 is 139 Å². The molecule has 0 unspecified atom stereocenters. The van der Waals surface area contributed by atoms with Gasteiger partial charge in [0.2, 0.25) is 17.7 Å². The topological polar surface area (TPSA) is 363 Å². The molecule has 6 atom stereocenters. The standard InChI is InChI=1S/3C33H30Cl4FN7O2/c3*1-7-21(46)44-16(5)12-43(13-17(44)6)31-18-10-20(34)29(22-23(35)26(38)24(36)25(37)27(22)40)42-32(18)45(33(47)19(31)11-39)30-15(4)8-9-41-28(30)14(2)3/h3*7-10,14,16-17H,1,12-13,40H2,2-6H3/t3*16-,17+. The summed E-state index contributed by atoms with van der Waals surface area (Å²) in [7, 11) is 0. The molecule has 0 saturated carbocycles. The third kappa shape index (κ3) is 18.8. The maximum absolute atomic E-state index is 15.1. The second-order valence-electron chi connectivity index (χ2n) is 35.3. The van der Waals surface area contributed by atoms with Gasteiger partial charge in [-0.25, -0.2) is 28.1 Å². The van der Waals surface area contributed by atoms with Crippen molar-refractivity contribution in [2.45, 2.75) is 158 Å². The number of rotatable bonds is 15. The highest BCUT2D eigenvalue weighted by molar-refractivity contribution is 6.49. The summed E-state index contributed by atoms with van der Waals surface area (Å²) < 4.78 is 49.4. The lowest BCUT2D eigenvalue weighted by molar-refractivity contribution is -0.131. The Morgan fingerprint density at radius 2 is 0.596 bits per heavy atom. The Labute approximate surface area is 869 Å². The average molecular weight is 2150 g/mol. The predicted octanol–water partition coefficient (Wildman–Crippen LogP) is 23.1. The maximum atomic E-state index is 15.1. The van der Waals surface area contributed by atoms with Crippen LogP contribution in [0.15, 0.2) is 107 Å². The molecule has 3 amide bonds. The number of hydrogen-bond donors (Lipinski definition) is 3. The molecule has 732 valence electrons. The lowest BCUT2D eigenvalue weighted by Gasteiger charge is -2.45. The summed E-state index contributed by atoms with van der Waals surface area (Å²) in [5, 5.41) is 29.1. The molecule has 0 bridgehead atoms. The Hall–Kier alpha value is -11.6. The summed E-state index contributed by atoms with van der Waals surface area (Å²) in [5.74, 6) is -4.11. The Bertz CT molecular complexity index is 6860. The molecule has 0 spiro atoms. The van der Waals surface area contributed by atoms with Crippen LogP contribution < -0.4 is 48.6 Å². The number of hydrogen-bond acceptors (Lipinski definition) is 21. The summed E-state index contributed by atoms with van der Waals surface area (Å²) in [5.41, 5.74) is 21.8. The zero-order valence-corrected chi connectivity index (χ0v) is 87.5. The third-order valence-electron chi connectivity index (χ3n) is 25.0. The molecule has 3 aromatic carbocycles. The smallest absolute Gasteiger partial charge is 0.276 e. The Kier molecular flexibility index (Phi) is 31.9. The van der Waals surface area contributed by atoms with Gasteiger partial charge in [0.05, 0.1) is 146 Å². The highest BCUT2D eigenvalue weighted by Crippen LogP contribution is 2.52. The molecule has 141 heavy (non-hydrogen) atoms. The molecule has 12 aromatic rings. The van der Waals surface area contributed by atoms with Crippen LogP contribution in [0.5, 0.6) is 0 Å². The number of anilines is 6. The molecule has 0 aliphatic carbocycles. The van der Waals surface area contributed by atoms with Crippen molar-refractivity contribution in [1.82, 2.24) is 58.3 Å². The van der Waals surface area contributed by atoms with Crippen molar-refractivity contribution in [2.24, 2.45) is 0 Å². The van der Waals surface area contributed by atoms with Gasteiger partial charge in [-0.1, -0.05) is 200 Å². The second-order valence-corrected chi connectivity index (χ2v) is 40.0. The van der Waals surface area contributed by atoms with Gasteiger partial charge in [-0.15, -0.1) is 0 Å². The SMILES string of the molecule is C=CC(=O)N1[C@H](C)CN(c2c(C#N)c(=O)n(-c3c(C)ccnc3C(C)C)c3nc(-c4c(N)c(Cl)c(Cl)c(F)c4Cl)c(Cl)cc23)C[C@@H]1C.C=CC(=O)N1[C@H](C)CN(c2c(C#N)c(=O)n(-c3c(C)ccnc3C(C)C)c3nc(-c4c(N)c(Cl)c(Cl)c(F)c4Cl)c(Cl)cc23)C[C@@H]1C.C=CC(=O)N1[C@H](C)CN(c2c(C#N)c(=O)n(-c3c(C)ccnc3C(C)C)c3nc(-c4c(N)c(Cl)c(Cl)c(F)c4Cl)c(Cl)cc23)C[C@@H]1C. The van der Waals surface area contributed by atoms with E-state index >= 15 is 13.2 Å². The number of aromatic nitrogens is 9. The van der Waals surface area contributed by atoms with E-state index in [1.807, 2.05) is 119 Å². The number of fused-ring (bicyclic) bond motifs is 3. The van der Waals surface area contributed by atoms with E-state index in [0.29, 0.717) is 84.1 Å². The van der Waals surface area contributed by atoms with Gasteiger partial charge >= 0.3 is 0 Å². The summed E-state index contributed by atoms with van der Waals surface area (Å²) in [6.07, 6.45) is 8.70. The molecule has 3 saturated heterocycles. The number of nitriles is 3. The van der Waals surface area contributed by atoms with Gasteiger partial charge in [-0.05, 0) is 151 Å². The number of aryl methyl sites for hydroxylation is 3. The van der Waals surface area contributed by atoms with Crippen molar-refractivity contribution in [1.29, 1.82) is 15.8 Å². The fraction of sp³-hybridized carbons (Fsp3) is 0.303. The average Bonchev–Trinajstić information content (AvgIpc) is 0.725. The van der Waals surface area contributed by atoms with Crippen LogP contribution in [-0.4, -0.2) is 152 Å². The van der Waals surface area contributed by atoms with Gasteiger partial charge in [-0.3, -0.25) is 57.4 Å². The first-order valence-electron chi connectivity index (χ1n) is 43.9. The van der Waals surface area contributed by atoms with Gasteiger partial charge in [0.15, 0.2) is 17.5 Å². The summed E-state index contributed by atoms with van der Waals surface area (Å²) in [6, 6.07) is 14.4. The van der Waals surface area contributed by atoms with Gasteiger partial charge in [0, 0.05) is 127 Å². The molecule has 0 radical (unpaired) electrons. The zero-order chi connectivity index (χ0) is 104. The molecule has 3 aliphatic heterocycles. The van der Waals surface area contributed by atoms with E-state index in [4.69, 9.17) is 171 Å². The summed E-state index contributed by atoms with van der Waals surface area (Å²) in [4.78, 5) is 121. The molecule has 27 nitrogen and oxygen atoms in total. The van der Waals surface area contributed by atoms with Gasteiger partial charge in [0.25, 0.3) is 16.7 Å². The lowest BCUT2D eigenvalue weighted by Crippen LogP contribution is -2.58. The molecule has 6 N–H and O–H groups in total. The van der Waals surface area contributed by atoms with Crippen molar-refractivity contribution < 1.29 is 27.6 Å². The molecule has 12 heterocycles. The molecule has 3 fully saturated rings. The highest BCUT2D eigenvalue weighted by atomic mass is 35.5. The van der Waals surface area contributed by atoms with E-state index in [9.17, 15) is 44.6 Å². The van der Waals surface area contributed by atoms with Crippen LogP contribution in [0.25, 0.3) is 83.9 Å². The van der Waals surface area contributed by atoms with Crippen LogP contribution in [0, 0.1) is 72.2 Å². The number of carbonyl (C=O) groups is 3. The molecular weight excluding hydrogens is 2060 g/mol. The van der Waals surface area contributed by atoms with E-state index in [0.717, 1.165) is 0 Å². The van der Waals surface area contributed by atoms with Gasteiger partial charge in [0.1, 0.15) is 51.8 Å². The molecular formula is C99H90Cl12F3N21O6. The molecule has 42 heteroatoms. The van der Waals surface area contributed by atoms with Crippen molar-refractivity contribution in [3.05, 3.63) is 252 Å². The second kappa shape index (κ2) is 42.1. The Balaban J connectivity index is 0.000000178. The Morgan fingerprint density at radius 1 is 0.383 bits per heavy atom. The number of halogens is 15. The fourth-order valence-corrected chi connectivity index (χ4v) is 21.7. The van der Waals surface area contributed by atoms with E-state index in [1.54, 1.807) is 69.7 Å². The zero-order valence-electron chi connectivity index (χ0n) is 78.4. The van der Waals surface area contributed by atoms with E-state index in [1.165, 1.54) is 31.9 Å². The van der Waals surface area contributed by atoms with E-state index in [-0.39, 0.29) is 226 Å². The quantitative estimate of drug-likeness (QED) is 0.0371. The minimum Gasteiger partial charge on any atom is -0.397 e. The number of carbonyl (C=O) groups excluding carboxylic acids is 3. The summed E-state index contributed by atoms with van der Waals surface area (Å²) in [6.45, 7) is 40.9. The van der Waals surface area contributed by atoms with Gasteiger partial charge < -0.3 is 46.6 Å². The van der Waals surface area contributed by atoms with Crippen molar-refractivity contribution in [3.8, 4) is 69.0 Å². The fourth-order valence-electron chi connectivity index (χ4n) is 18.9. The Morgan fingerprint density at radius 3 is 0.787 bits per heavy atom. The third-order valence-corrected chi connectivity index (χ3v) is 29.4. The number of benzene rings is 3. The first-order valence-corrected chi connectivity index (χ1v) is 48.4. The van der Waals surface area contributed by atoms with Crippen molar-refractivity contribution in [3.63, 3.8) is 0 Å². The maximum Gasteiger partial charge on any atom is 0.276 e.